The number of amides is 1. The highest BCUT2D eigenvalue weighted by molar-refractivity contribution is 5.98. The molecular formula is C15H15NO2. The Bertz CT molecular complexity index is 490. The molecule has 1 aliphatic heterocycles. The minimum Gasteiger partial charge on any atom is -0.311 e. The molecule has 1 aliphatic rings. The lowest BCUT2D eigenvalue weighted by atomic mass is 10.0. The van der Waals surface area contributed by atoms with E-state index in [4.69, 9.17) is 0 Å². The highest BCUT2D eigenvalue weighted by atomic mass is 16.2. The zero-order chi connectivity index (χ0) is 13.0. The number of allylic oxidation sites excluding steroid dienone is 1. The van der Waals surface area contributed by atoms with Crippen LogP contribution in [-0.4, -0.2) is 22.6 Å². The van der Waals surface area contributed by atoms with E-state index in [1.54, 1.807) is 29.3 Å². The first-order valence-corrected chi connectivity index (χ1v) is 5.92. The van der Waals surface area contributed by atoms with Crippen LogP contribution in [0.4, 0.5) is 0 Å². The molecule has 3 nitrogen and oxygen atoms in total. The molecule has 1 aromatic rings. The minimum atomic E-state index is -0.118. The molecule has 1 heterocycles. The molecule has 1 amide bonds. The number of nitrogens with zero attached hydrogens (tertiary/aromatic N) is 1. The van der Waals surface area contributed by atoms with Crippen LogP contribution in [0.1, 0.15) is 23.2 Å². The van der Waals surface area contributed by atoms with Crippen LogP contribution in [0.3, 0.4) is 0 Å². The zero-order valence-electron chi connectivity index (χ0n) is 10.1. The van der Waals surface area contributed by atoms with Crippen LogP contribution in [-0.2, 0) is 4.79 Å². The van der Waals surface area contributed by atoms with Crippen molar-refractivity contribution in [3.63, 3.8) is 0 Å². The van der Waals surface area contributed by atoms with Gasteiger partial charge in [0.15, 0.2) is 5.78 Å². The molecule has 0 saturated carbocycles. The third kappa shape index (κ3) is 2.56. The van der Waals surface area contributed by atoms with Crippen LogP contribution in [0.5, 0.6) is 0 Å². The van der Waals surface area contributed by atoms with E-state index in [0.29, 0.717) is 18.4 Å². The third-order valence-electron chi connectivity index (χ3n) is 2.95. The molecule has 0 radical (unpaired) electrons. The highest BCUT2D eigenvalue weighted by Crippen LogP contribution is 2.19. The quantitative estimate of drug-likeness (QED) is 0.763. The Morgan fingerprint density at radius 1 is 1.39 bits per heavy atom. The van der Waals surface area contributed by atoms with E-state index < -0.39 is 0 Å². The first-order chi connectivity index (χ1) is 8.72. The van der Waals surface area contributed by atoms with Gasteiger partial charge in [-0.25, -0.2) is 0 Å². The van der Waals surface area contributed by atoms with Crippen LogP contribution < -0.4 is 0 Å². The molecule has 1 unspecified atom stereocenters. The van der Waals surface area contributed by atoms with Crippen molar-refractivity contribution in [2.75, 3.05) is 0 Å². The minimum absolute atomic E-state index is 0.0546. The lowest BCUT2D eigenvalue weighted by molar-refractivity contribution is -0.116. The van der Waals surface area contributed by atoms with E-state index in [2.05, 4.69) is 6.58 Å². The predicted molar refractivity (Wildman–Crippen MR) is 70.0 cm³/mol. The Balaban J connectivity index is 2.24. The monoisotopic (exact) mass is 241 g/mol. The van der Waals surface area contributed by atoms with Gasteiger partial charge >= 0.3 is 0 Å². The van der Waals surface area contributed by atoms with Gasteiger partial charge in [-0.3, -0.25) is 9.59 Å². The van der Waals surface area contributed by atoms with Crippen molar-refractivity contribution in [1.29, 1.82) is 0 Å². The smallest absolute Gasteiger partial charge is 0.258 e. The molecule has 1 atom stereocenters. The van der Waals surface area contributed by atoms with Crippen molar-refractivity contribution in [2.24, 2.45) is 0 Å². The number of carbonyl (C=O) groups is 2. The van der Waals surface area contributed by atoms with Gasteiger partial charge in [0.2, 0.25) is 0 Å². The molecule has 0 N–H and O–H groups in total. The number of ketones is 1. The number of benzene rings is 1. The first-order valence-electron chi connectivity index (χ1n) is 5.92. The molecule has 3 heteroatoms. The molecule has 18 heavy (non-hydrogen) atoms. The summed E-state index contributed by atoms with van der Waals surface area (Å²) in [6.07, 6.45) is 5.76. The van der Waals surface area contributed by atoms with Gasteiger partial charge in [0.1, 0.15) is 0 Å². The average Bonchev–Trinajstić information content (AvgIpc) is 2.40. The van der Waals surface area contributed by atoms with Gasteiger partial charge in [0.25, 0.3) is 5.91 Å². The lowest BCUT2D eigenvalue weighted by Crippen LogP contribution is -2.39. The SMILES string of the molecule is C=CCC1CC(=O)C=CN1C(=O)c1ccccc1. The number of carbonyl (C=O) groups excluding carboxylic acids is 2. The predicted octanol–water partition coefficient (Wildman–Crippen LogP) is 2.56. The van der Waals surface area contributed by atoms with Crippen molar-refractivity contribution in [1.82, 2.24) is 4.90 Å². The summed E-state index contributed by atoms with van der Waals surface area (Å²) in [5.74, 6) is -0.0230. The number of hydrogen-bond donors (Lipinski definition) is 0. The Labute approximate surface area is 106 Å². The van der Waals surface area contributed by atoms with E-state index in [0.717, 1.165) is 0 Å². The summed E-state index contributed by atoms with van der Waals surface area (Å²) in [4.78, 5) is 25.3. The van der Waals surface area contributed by atoms with Crippen molar-refractivity contribution in [3.8, 4) is 0 Å². The van der Waals surface area contributed by atoms with Crippen molar-refractivity contribution in [2.45, 2.75) is 18.9 Å². The third-order valence-corrected chi connectivity index (χ3v) is 2.95. The number of hydrogen-bond acceptors (Lipinski definition) is 2. The summed E-state index contributed by atoms with van der Waals surface area (Å²) in [5.41, 5.74) is 0.630. The van der Waals surface area contributed by atoms with E-state index >= 15 is 0 Å². The molecule has 0 saturated heterocycles. The van der Waals surface area contributed by atoms with Gasteiger partial charge in [-0.15, -0.1) is 6.58 Å². The molecule has 1 aromatic carbocycles. The molecule has 0 aromatic heterocycles. The van der Waals surface area contributed by atoms with Gasteiger partial charge in [0.05, 0.1) is 0 Å². The fourth-order valence-electron chi connectivity index (χ4n) is 2.04. The zero-order valence-corrected chi connectivity index (χ0v) is 10.1. The van der Waals surface area contributed by atoms with Gasteiger partial charge in [0, 0.05) is 24.2 Å². The summed E-state index contributed by atoms with van der Waals surface area (Å²) in [7, 11) is 0. The second kappa shape index (κ2) is 5.45. The van der Waals surface area contributed by atoms with E-state index in [-0.39, 0.29) is 17.7 Å². The highest BCUT2D eigenvalue weighted by Gasteiger charge is 2.26. The van der Waals surface area contributed by atoms with Crippen LogP contribution in [0, 0.1) is 0 Å². The van der Waals surface area contributed by atoms with Crippen LogP contribution in [0.2, 0.25) is 0 Å². The lowest BCUT2D eigenvalue weighted by Gasteiger charge is -2.30. The summed E-state index contributed by atoms with van der Waals surface area (Å²) in [5, 5.41) is 0. The maximum absolute atomic E-state index is 12.3. The Morgan fingerprint density at radius 2 is 2.11 bits per heavy atom. The first kappa shape index (κ1) is 12.3. The fraction of sp³-hybridized carbons (Fsp3) is 0.200. The maximum Gasteiger partial charge on any atom is 0.258 e. The summed E-state index contributed by atoms with van der Waals surface area (Å²) in [6.45, 7) is 3.67. The Kier molecular flexibility index (Phi) is 3.72. The second-order valence-corrected chi connectivity index (χ2v) is 4.24. The van der Waals surface area contributed by atoms with Crippen LogP contribution >= 0.6 is 0 Å². The Hall–Kier alpha value is -2.16. The summed E-state index contributed by atoms with van der Waals surface area (Å²) in [6, 6.07) is 8.96. The van der Waals surface area contributed by atoms with Crippen molar-refractivity contribution < 1.29 is 9.59 Å². The normalized spacial score (nSPS) is 18.8. The van der Waals surface area contributed by atoms with Gasteiger partial charge < -0.3 is 4.90 Å². The molecule has 2 rings (SSSR count). The molecule has 0 aliphatic carbocycles. The largest absolute Gasteiger partial charge is 0.311 e. The van der Waals surface area contributed by atoms with Crippen LogP contribution in [0.15, 0.2) is 55.3 Å². The van der Waals surface area contributed by atoms with E-state index in [9.17, 15) is 9.59 Å². The molecule has 92 valence electrons. The van der Waals surface area contributed by atoms with Crippen molar-refractivity contribution in [3.05, 3.63) is 60.8 Å². The van der Waals surface area contributed by atoms with Gasteiger partial charge in [-0.05, 0) is 24.6 Å². The second-order valence-electron chi connectivity index (χ2n) is 4.24. The van der Waals surface area contributed by atoms with Crippen LogP contribution in [0.25, 0.3) is 0 Å². The maximum atomic E-state index is 12.3. The van der Waals surface area contributed by atoms with Gasteiger partial charge in [-0.2, -0.15) is 0 Å². The summed E-state index contributed by atoms with van der Waals surface area (Å²) >= 11 is 0. The standard InChI is InChI=1S/C15H15NO2/c1-2-6-13-11-14(17)9-10-16(13)15(18)12-7-4-3-5-8-12/h2-5,7-10,13H,1,6,11H2. The van der Waals surface area contributed by atoms with Crippen molar-refractivity contribution >= 4 is 11.7 Å². The number of rotatable bonds is 3. The van der Waals surface area contributed by atoms with E-state index in [1.165, 1.54) is 6.08 Å². The molecule has 0 spiro atoms. The fourth-order valence-corrected chi connectivity index (χ4v) is 2.04. The topological polar surface area (TPSA) is 37.4 Å². The summed E-state index contributed by atoms with van der Waals surface area (Å²) < 4.78 is 0. The van der Waals surface area contributed by atoms with Gasteiger partial charge in [-0.1, -0.05) is 24.3 Å². The average molecular weight is 241 g/mol. The van der Waals surface area contributed by atoms with E-state index in [1.807, 2.05) is 18.2 Å². The molecule has 0 fully saturated rings. The Morgan fingerprint density at radius 3 is 2.78 bits per heavy atom. The molecular weight excluding hydrogens is 226 g/mol. The molecule has 0 bridgehead atoms.